The lowest BCUT2D eigenvalue weighted by Gasteiger charge is -2.28. The number of fused-ring (bicyclic) bond motifs is 1. The maximum atomic E-state index is 13.5. The standard InChI is InChI=1S/C27H24Cl2N6O3/c1-3-37-23-13-17(10-12-22(23)38-15-18-9-11-19(28)14-21(18)29)25-24(16(2)30-27-32-33-34-35(25)27)26(36)31-20-7-5-4-6-8-20/h4-14,25H,3,15H2,1-2H3,(H,31,36)(H,30,32,34). The van der Waals surface area contributed by atoms with E-state index in [1.807, 2.05) is 62.4 Å². The third-order valence-corrected chi connectivity index (χ3v) is 6.56. The topological polar surface area (TPSA) is 103 Å². The van der Waals surface area contributed by atoms with Crippen molar-refractivity contribution in [3.63, 3.8) is 0 Å². The summed E-state index contributed by atoms with van der Waals surface area (Å²) in [5, 5.41) is 19.2. The summed E-state index contributed by atoms with van der Waals surface area (Å²) in [5.74, 6) is 1.20. The van der Waals surface area contributed by atoms with Crippen molar-refractivity contribution in [1.82, 2.24) is 20.2 Å². The minimum atomic E-state index is -0.607. The number of carbonyl (C=O) groups excluding carboxylic acids is 1. The van der Waals surface area contributed by atoms with Crippen LogP contribution in [0, 0.1) is 0 Å². The van der Waals surface area contributed by atoms with Crippen LogP contribution in [0.5, 0.6) is 11.5 Å². The second kappa shape index (κ2) is 11.1. The molecule has 1 atom stereocenters. The number of rotatable bonds is 8. The van der Waals surface area contributed by atoms with Crippen molar-refractivity contribution in [1.29, 1.82) is 0 Å². The summed E-state index contributed by atoms with van der Waals surface area (Å²) in [5.41, 5.74) is 3.33. The zero-order chi connectivity index (χ0) is 26.6. The molecule has 1 unspecified atom stereocenters. The summed E-state index contributed by atoms with van der Waals surface area (Å²) < 4.78 is 13.6. The smallest absolute Gasteiger partial charge is 0.255 e. The van der Waals surface area contributed by atoms with Crippen molar-refractivity contribution >= 4 is 40.7 Å². The Balaban J connectivity index is 1.49. The first-order valence-electron chi connectivity index (χ1n) is 11.9. The average molecular weight is 551 g/mol. The van der Waals surface area contributed by atoms with Gasteiger partial charge in [-0.15, -0.1) is 0 Å². The fourth-order valence-electron chi connectivity index (χ4n) is 4.21. The van der Waals surface area contributed by atoms with E-state index in [2.05, 4.69) is 26.2 Å². The molecular weight excluding hydrogens is 527 g/mol. The molecule has 2 heterocycles. The molecule has 1 amide bonds. The highest BCUT2D eigenvalue weighted by Gasteiger charge is 2.34. The number of anilines is 2. The Hall–Kier alpha value is -4.08. The van der Waals surface area contributed by atoms with Crippen molar-refractivity contribution < 1.29 is 14.3 Å². The van der Waals surface area contributed by atoms with Crippen LogP contribution in [-0.4, -0.2) is 32.7 Å². The number of aromatic nitrogens is 4. The maximum absolute atomic E-state index is 13.5. The highest BCUT2D eigenvalue weighted by molar-refractivity contribution is 6.35. The van der Waals surface area contributed by atoms with E-state index in [-0.39, 0.29) is 12.5 Å². The summed E-state index contributed by atoms with van der Waals surface area (Å²) in [6.45, 7) is 4.35. The molecule has 0 fully saturated rings. The number of tetrazole rings is 1. The van der Waals surface area contributed by atoms with Crippen molar-refractivity contribution in [2.24, 2.45) is 0 Å². The minimum absolute atomic E-state index is 0.226. The number of hydrogen-bond acceptors (Lipinski definition) is 7. The number of hydrogen-bond donors (Lipinski definition) is 2. The summed E-state index contributed by atoms with van der Waals surface area (Å²) in [7, 11) is 0. The number of carbonyl (C=O) groups is 1. The molecule has 1 aliphatic heterocycles. The maximum Gasteiger partial charge on any atom is 0.255 e. The second-order valence-corrected chi connectivity index (χ2v) is 9.34. The van der Waals surface area contributed by atoms with E-state index in [4.69, 9.17) is 32.7 Å². The molecule has 0 bridgehead atoms. The van der Waals surface area contributed by atoms with Gasteiger partial charge in [0.1, 0.15) is 12.6 Å². The molecular formula is C27H24Cl2N6O3. The molecule has 1 aromatic heterocycles. The lowest BCUT2D eigenvalue weighted by atomic mass is 9.94. The Bertz CT molecular complexity index is 1510. The van der Waals surface area contributed by atoms with Gasteiger partial charge < -0.3 is 20.1 Å². The lowest BCUT2D eigenvalue weighted by Crippen LogP contribution is -2.31. The minimum Gasteiger partial charge on any atom is -0.490 e. The Labute approximate surface area is 229 Å². The molecule has 194 valence electrons. The zero-order valence-electron chi connectivity index (χ0n) is 20.6. The quantitative estimate of drug-likeness (QED) is 0.282. The average Bonchev–Trinajstić information content (AvgIpc) is 3.36. The number of benzene rings is 3. The van der Waals surface area contributed by atoms with E-state index >= 15 is 0 Å². The molecule has 4 aromatic rings. The Kier molecular flexibility index (Phi) is 7.48. The van der Waals surface area contributed by atoms with Gasteiger partial charge in [-0.25, -0.2) is 0 Å². The van der Waals surface area contributed by atoms with Crippen LogP contribution in [0.3, 0.4) is 0 Å². The molecule has 0 radical (unpaired) electrons. The zero-order valence-corrected chi connectivity index (χ0v) is 22.1. The molecule has 11 heteroatoms. The van der Waals surface area contributed by atoms with E-state index < -0.39 is 6.04 Å². The third-order valence-electron chi connectivity index (χ3n) is 5.97. The largest absolute Gasteiger partial charge is 0.490 e. The van der Waals surface area contributed by atoms with Gasteiger partial charge in [0.25, 0.3) is 5.91 Å². The Morgan fingerprint density at radius 3 is 2.63 bits per heavy atom. The highest BCUT2D eigenvalue weighted by Crippen LogP contribution is 2.39. The molecule has 9 nitrogen and oxygen atoms in total. The van der Waals surface area contributed by atoms with Crippen LogP contribution in [0.4, 0.5) is 11.6 Å². The molecule has 1 aliphatic rings. The predicted octanol–water partition coefficient (Wildman–Crippen LogP) is 5.89. The van der Waals surface area contributed by atoms with Gasteiger partial charge >= 0.3 is 0 Å². The van der Waals surface area contributed by atoms with Crippen LogP contribution >= 0.6 is 23.2 Å². The van der Waals surface area contributed by atoms with Gasteiger partial charge in [-0.05, 0) is 66.2 Å². The lowest BCUT2D eigenvalue weighted by molar-refractivity contribution is -0.113. The number of para-hydroxylation sites is 1. The van der Waals surface area contributed by atoms with Gasteiger partial charge in [-0.1, -0.05) is 58.6 Å². The van der Waals surface area contributed by atoms with Crippen molar-refractivity contribution in [2.75, 3.05) is 17.2 Å². The summed E-state index contributed by atoms with van der Waals surface area (Å²) in [6.07, 6.45) is 0. The SMILES string of the molecule is CCOc1cc(C2C(C(=O)Nc3ccccc3)=C(C)Nc3nnnn32)ccc1OCc1ccc(Cl)cc1Cl. The number of halogens is 2. The van der Waals surface area contributed by atoms with Crippen molar-refractivity contribution in [2.45, 2.75) is 26.5 Å². The van der Waals surface area contributed by atoms with Gasteiger partial charge in [0, 0.05) is 27.0 Å². The van der Waals surface area contributed by atoms with Crippen LogP contribution in [0.25, 0.3) is 0 Å². The van der Waals surface area contributed by atoms with Crippen LogP contribution in [-0.2, 0) is 11.4 Å². The van der Waals surface area contributed by atoms with Crippen LogP contribution in [0.15, 0.2) is 78.0 Å². The van der Waals surface area contributed by atoms with Gasteiger partial charge in [-0.3, -0.25) is 4.79 Å². The Morgan fingerprint density at radius 2 is 1.87 bits per heavy atom. The molecule has 2 N–H and O–H groups in total. The van der Waals surface area contributed by atoms with E-state index in [1.54, 1.807) is 22.9 Å². The number of ether oxygens (including phenoxy) is 2. The van der Waals surface area contributed by atoms with E-state index in [0.29, 0.717) is 51.1 Å². The molecule has 0 spiro atoms. The number of nitrogens with zero attached hydrogens (tertiary/aromatic N) is 4. The van der Waals surface area contributed by atoms with E-state index in [0.717, 1.165) is 11.1 Å². The molecule has 0 saturated carbocycles. The van der Waals surface area contributed by atoms with Crippen LogP contribution < -0.4 is 20.1 Å². The second-order valence-electron chi connectivity index (χ2n) is 8.50. The van der Waals surface area contributed by atoms with Crippen molar-refractivity contribution in [3.8, 4) is 11.5 Å². The van der Waals surface area contributed by atoms with E-state index in [9.17, 15) is 4.79 Å². The highest BCUT2D eigenvalue weighted by atomic mass is 35.5. The molecule has 0 saturated heterocycles. The molecule has 38 heavy (non-hydrogen) atoms. The van der Waals surface area contributed by atoms with Crippen LogP contribution in [0.1, 0.15) is 31.0 Å². The van der Waals surface area contributed by atoms with Gasteiger partial charge in [0.15, 0.2) is 11.5 Å². The molecule has 3 aromatic carbocycles. The van der Waals surface area contributed by atoms with Gasteiger partial charge in [0.05, 0.1) is 12.2 Å². The number of nitrogens with one attached hydrogen (secondary N) is 2. The predicted molar refractivity (Wildman–Crippen MR) is 146 cm³/mol. The number of amides is 1. The van der Waals surface area contributed by atoms with E-state index in [1.165, 1.54) is 0 Å². The first-order chi connectivity index (χ1) is 18.4. The molecule has 5 rings (SSSR count). The van der Waals surface area contributed by atoms with Gasteiger partial charge in [-0.2, -0.15) is 4.68 Å². The normalized spacial score (nSPS) is 14.5. The fourth-order valence-corrected chi connectivity index (χ4v) is 4.67. The first kappa shape index (κ1) is 25.6. The monoisotopic (exact) mass is 550 g/mol. The summed E-state index contributed by atoms with van der Waals surface area (Å²) in [4.78, 5) is 13.5. The van der Waals surface area contributed by atoms with Crippen LogP contribution in [0.2, 0.25) is 10.0 Å². The molecule has 0 aliphatic carbocycles. The number of allylic oxidation sites excluding steroid dienone is 1. The first-order valence-corrected chi connectivity index (χ1v) is 12.7. The van der Waals surface area contributed by atoms with Crippen molar-refractivity contribution in [3.05, 3.63) is 99.2 Å². The Morgan fingerprint density at radius 1 is 1.05 bits per heavy atom. The fraction of sp³-hybridized carbons (Fsp3) is 0.185. The third kappa shape index (κ3) is 5.29. The van der Waals surface area contributed by atoms with Gasteiger partial charge in [0.2, 0.25) is 5.95 Å². The summed E-state index contributed by atoms with van der Waals surface area (Å²) in [6, 6.07) is 19.4. The summed E-state index contributed by atoms with van der Waals surface area (Å²) >= 11 is 12.3.